The summed E-state index contributed by atoms with van der Waals surface area (Å²) in [6.45, 7) is 3.14. The van der Waals surface area contributed by atoms with Gasteiger partial charge in [0.15, 0.2) is 0 Å². The third-order valence-electron chi connectivity index (χ3n) is 7.89. The summed E-state index contributed by atoms with van der Waals surface area (Å²) < 4.78 is 37.7. The van der Waals surface area contributed by atoms with Crippen LogP contribution in [0.2, 0.25) is 0 Å². The van der Waals surface area contributed by atoms with Crippen molar-refractivity contribution in [3.63, 3.8) is 0 Å². The summed E-state index contributed by atoms with van der Waals surface area (Å²) in [4.78, 5) is 52.2. The van der Waals surface area contributed by atoms with Crippen molar-refractivity contribution in [2.45, 2.75) is 89.9 Å². The fraction of sp³-hybridized carbons (Fsp3) is 0.444. The third-order valence-corrected chi connectivity index (χ3v) is 9.54. The van der Waals surface area contributed by atoms with Gasteiger partial charge in [0.1, 0.15) is 36.3 Å². The number of ether oxygens (including phenoxy) is 2. The Bertz CT molecular complexity index is 1810. The summed E-state index contributed by atoms with van der Waals surface area (Å²) in [7, 11) is -4.28. The molecule has 2 heterocycles. The zero-order valence-electron chi connectivity index (χ0n) is 28.7. The third kappa shape index (κ3) is 12.6. The molecule has 1 saturated heterocycles. The van der Waals surface area contributed by atoms with Gasteiger partial charge in [-0.1, -0.05) is 93.0 Å². The van der Waals surface area contributed by atoms with E-state index in [4.69, 9.17) is 18.5 Å². The molecule has 0 saturated carbocycles. The van der Waals surface area contributed by atoms with Gasteiger partial charge >= 0.3 is 19.4 Å². The van der Waals surface area contributed by atoms with Crippen LogP contribution >= 0.6 is 7.75 Å². The molecular formula is C36H45N4O10P. The van der Waals surface area contributed by atoms with Gasteiger partial charge in [-0.3, -0.25) is 28.5 Å². The molecule has 274 valence electrons. The molecule has 15 heteroatoms. The van der Waals surface area contributed by atoms with Gasteiger partial charge in [0.05, 0.1) is 19.3 Å². The van der Waals surface area contributed by atoms with Gasteiger partial charge in [-0.25, -0.2) is 9.36 Å². The van der Waals surface area contributed by atoms with E-state index in [1.807, 2.05) is 18.2 Å². The number of aliphatic hydroxyl groups excluding tert-OH is 1. The Morgan fingerprint density at radius 2 is 1.78 bits per heavy atom. The van der Waals surface area contributed by atoms with E-state index >= 15 is 0 Å². The van der Waals surface area contributed by atoms with Crippen molar-refractivity contribution in [3.8, 4) is 17.6 Å². The van der Waals surface area contributed by atoms with Crippen molar-refractivity contribution in [1.29, 1.82) is 0 Å². The number of hydrogen-bond donors (Lipinski definition) is 4. The monoisotopic (exact) mass is 724 g/mol. The number of hydrogen-bond acceptors (Lipinski definition) is 10. The lowest BCUT2D eigenvalue weighted by molar-refractivity contribution is -0.146. The van der Waals surface area contributed by atoms with Crippen LogP contribution in [0, 0.1) is 11.8 Å². The molecule has 0 aliphatic carbocycles. The number of para-hydroxylation sites is 1. The smallest absolute Gasteiger partial charge is 0.459 e. The molecule has 2 aromatic carbocycles. The number of aromatic amines is 1. The highest BCUT2D eigenvalue weighted by atomic mass is 31.2. The number of benzene rings is 2. The first-order valence-corrected chi connectivity index (χ1v) is 18.5. The molecule has 1 amide bonds. The van der Waals surface area contributed by atoms with E-state index < -0.39 is 56.0 Å². The molecule has 51 heavy (non-hydrogen) atoms. The minimum absolute atomic E-state index is 0.00707. The van der Waals surface area contributed by atoms with E-state index in [0.717, 1.165) is 42.2 Å². The number of nitrogens with zero attached hydrogens (tertiary/aromatic N) is 1. The molecular weight excluding hydrogens is 679 g/mol. The Balaban J connectivity index is 1.37. The van der Waals surface area contributed by atoms with E-state index in [1.54, 1.807) is 42.5 Å². The van der Waals surface area contributed by atoms with Crippen molar-refractivity contribution in [3.05, 3.63) is 98.8 Å². The van der Waals surface area contributed by atoms with Gasteiger partial charge in [0.25, 0.3) is 5.56 Å². The number of aromatic nitrogens is 2. The van der Waals surface area contributed by atoms with Crippen molar-refractivity contribution in [1.82, 2.24) is 20.0 Å². The Morgan fingerprint density at radius 3 is 2.51 bits per heavy atom. The van der Waals surface area contributed by atoms with Crippen LogP contribution in [-0.4, -0.2) is 57.9 Å². The van der Waals surface area contributed by atoms with E-state index in [2.05, 4.69) is 34.2 Å². The van der Waals surface area contributed by atoms with Crippen LogP contribution in [0.1, 0.15) is 76.1 Å². The lowest BCUT2D eigenvalue weighted by Crippen LogP contribution is -2.36. The lowest BCUT2D eigenvalue weighted by atomic mass is 10.1. The van der Waals surface area contributed by atoms with Gasteiger partial charge in [-0.2, -0.15) is 5.09 Å². The minimum atomic E-state index is -4.28. The number of aliphatic hydroxyl groups is 1. The zero-order chi connectivity index (χ0) is 36.6. The van der Waals surface area contributed by atoms with E-state index in [1.165, 1.54) is 13.1 Å². The van der Waals surface area contributed by atoms with Gasteiger partial charge in [-0.05, 0) is 31.0 Å². The summed E-state index contributed by atoms with van der Waals surface area (Å²) >= 11 is 0. The normalized spacial score (nSPS) is 18.5. The predicted octanol–water partition coefficient (Wildman–Crippen LogP) is 3.94. The van der Waals surface area contributed by atoms with Crippen molar-refractivity contribution in [2.24, 2.45) is 0 Å². The summed E-state index contributed by atoms with van der Waals surface area (Å²) in [5.41, 5.74) is -0.776. The van der Waals surface area contributed by atoms with Crippen molar-refractivity contribution < 1.29 is 37.8 Å². The van der Waals surface area contributed by atoms with Crippen LogP contribution in [0.5, 0.6) is 5.75 Å². The van der Waals surface area contributed by atoms with Gasteiger partial charge in [0, 0.05) is 19.0 Å². The molecule has 0 radical (unpaired) electrons. The number of rotatable bonds is 18. The quantitative estimate of drug-likeness (QED) is 0.0644. The molecule has 1 aliphatic heterocycles. The molecule has 1 fully saturated rings. The van der Waals surface area contributed by atoms with Gasteiger partial charge < -0.3 is 24.4 Å². The zero-order valence-corrected chi connectivity index (χ0v) is 29.6. The SMILES string of the molecule is CCCCCCCC(=O)NCC#Cc1cn([C@@H]2C[C@@H](O)[C@H](COP(=O)(N[C@H](C)C(=O)OCc3ccccc3)Oc3ccccc3)O2)c(=O)[nH]c1=O. The maximum atomic E-state index is 13.9. The van der Waals surface area contributed by atoms with Crippen LogP contribution < -0.4 is 26.2 Å². The largest absolute Gasteiger partial charge is 0.460 e. The van der Waals surface area contributed by atoms with Crippen LogP contribution in [0.25, 0.3) is 0 Å². The maximum absolute atomic E-state index is 13.9. The summed E-state index contributed by atoms with van der Waals surface area (Å²) in [5, 5.41) is 16.1. The van der Waals surface area contributed by atoms with E-state index in [0.29, 0.717) is 6.42 Å². The Kier molecular flexibility index (Phi) is 15.2. The van der Waals surface area contributed by atoms with Gasteiger partial charge in [0.2, 0.25) is 5.91 Å². The molecule has 14 nitrogen and oxygen atoms in total. The van der Waals surface area contributed by atoms with Gasteiger partial charge in [-0.15, -0.1) is 0 Å². The molecule has 5 atom stereocenters. The molecule has 4 N–H and O–H groups in total. The number of carbonyl (C=O) groups is 2. The first-order chi connectivity index (χ1) is 24.6. The minimum Gasteiger partial charge on any atom is -0.460 e. The number of amides is 1. The number of nitrogens with one attached hydrogen (secondary N) is 3. The second kappa shape index (κ2) is 19.8. The second-order valence-corrected chi connectivity index (χ2v) is 13.7. The Labute approximate surface area is 296 Å². The highest BCUT2D eigenvalue weighted by Gasteiger charge is 2.39. The molecule has 1 aromatic heterocycles. The molecule has 4 rings (SSSR count). The van der Waals surface area contributed by atoms with Crippen LogP contribution in [-0.2, 0) is 34.8 Å². The first kappa shape index (κ1) is 39.3. The van der Waals surface area contributed by atoms with Crippen LogP contribution in [0.4, 0.5) is 0 Å². The molecule has 1 aliphatic rings. The van der Waals surface area contributed by atoms with Crippen molar-refractivity contribution in [2.75, 3.05) is 13.2 Å². The van der Waals surface area contributed by atoms with E-state index in [-0.39, 0.29) is 36.8 Å². The fourth-order valence-electron chi connectivity index (χ4n) is 5.11. The van der Waals surface area contributed by atoms with Crippen LogP contribution in [0.15, 0.2) is 76.4 Å². The molecule has 1 unspecified atom stereocenters. The standard InChI is InChI=1S/C36H45N4O10P/c1-3-4-5-6-13-20-32(42)37-21-14-17-28-23-40(36(45)38-34(28)43)33-22-30(41)31(49-33)25-48-51(46,50-29-18-11-8-12-19-29)39-26(2)35(44)47-24-27-15-9-7-10-16-27/h7-12,15-16,18-19,23,26,30-31,33,41H,3-6,13,20-22,24-25H2,1-2H3,(H,37,42)(H,39,46)(H,38,43,45)/t26-,30-,31+,33+,51?/m1/s1. The number of H-pyrrole nitrogens is 1. The predicted molar refractivity (Wildman–Crippen MR) is 189 cm³/mol. The average Bonchev–Trinajstić information content (AvgIpc) is 3.49. The summed E-state index contributed by atoms with van der Waals surface area (Å²) in [5.74, 6) is 4.75. The maximum Gasteiger partial charge on any atom is 0.459 e. The Hall–Kier alpha value is -4.51. The highest BCUT2D eigenvalue weighted by molar-refractivity contribution is 7.52. The summed E-state index contributed by atoms with van der Waals surface area (Å²) in [6.07, 6.45) is 3.41. The van der Waals surface area contributed by atoms with Crippen LogP contribution in [0.3, 0.4) is 0 Å². The van der Waals surface area contributed by atoms with E-state index in [9.17, 15) is 28.8 Å². The van der Waals surface area contributed by atoms with Crippen molar-refractivity contribution >= 4 is 19.6 Å². The number of unbranched alkanes of at least 4 members (excludes halogenated alkanes) is 4. The summed E-state index contributed by atoms with van der Waals surface area (Å²) in [6, 6.07) is 16.1. The molecule has 0 bridgehead atoms. The molecule has 0 spiro atoms. The average molecular weight is 725 g/mol. The molecule has 3 aromatic rings. The fourth-order valence-corrected chi connectivity index (χ4v) is 6.61. The lowest BCUT2D eigenvalue weighted by Gasteiger charge is -2.24. The number of carbonyl (C=O) groups excluding carboxylic acids is 2. The highest BCUT2D eigenvalue weighted by Crippen LogP contribution is 2.46. The second-order valence-electron chi connectivity index (χ2n) is 12.0. The topological polar surface area (TPSA) is 187 Å². The Morgan fingerprint density at radius 1 is 1.08 bits per heavy atom. The number of esters is 1. The first-order valence-electron chi connectivity index (χ1n) is 17.0.